The predicted molar refractivity (Wildman–Crippen MR) is 70.3 cm³/mol. The highest BCUT2D eigenvalue weighted by Gasteiger charge is 2.14. The largest absolute Gasteiger partial charge is 0.481 e. The van der Waals surface area contributed by atoms with Crippen molar-refractivity contribution in [2.75, 3.05) is 14.2 Å². The van der Waals surface area contributed by atoms with Crippen LogP contribution in [0.3, 0.4) is 0 Å². The van der Waals surface area contributed by atoms with Crippen LogP contribution in [0.25, 0.3) is 0 Å². The molecular formula is C13H25N3O. The Morgan fingerprint density at radius 1 is 1.41 bits per heavy atom. The molecule has 4 heteroatoms. The van der Waals surface area contributed by atoms with Crippen molar-refractivity contribution in [2.45, 2.75) is 45.1 Å². The Labute approximate surface area is 104 Å². The molecule has 1 aromatic rings. The van der Waals surface area contributed by atoms with Crippen molar-refractivity contribution in [2.24, 2.45) is 7.05 Å². The van der Waals surface area contributed by atoms with E-state index in [9.17, 15) is 0 Å². The van der Waals surface area contributed by atoms with Crippen molar-refractivity contribution >= 4 is 0 Å². The maximum Gasteiger partial charge on any atom is 0.211 e. The lowest BCUT2D eigenvalue weighted by molar-refractivity contribution is 0.373. The molecule has 0 aliphatic carbocycles. The van der Waals surface area contributed by atoms with E-state index in [1.807, 2.05) is 20.2 Å². The lowest BCUT2D eigenvalue weighted by atomic mass is 10.1. The lowest BCUT2D eigenvalue weighted by Gasteiger charge is -2.12. The molecule has 0 radical (unpaired) electrons. The van der Waals surface area contributed by atoms with Gasteiger partial charge in [0.15, 0.2) is 0 Å². The Balaban J connectivity index is 2.53. The van der Waals surface area contributed by atoms with E-state index in [-0.39, 0.29) is 0 Å². The summed E-state index contributed by atoms with van der Waals surface area (Å²) in [6.07, 6.45) is 6.29. The van der Waals surface area contributed by atoms with Crippen LogP contribution < -0.4 is 10.1 Å². The zero-order valence-electron chi connectivity index (χ0n) is 11.5. The molecule has 0 bridgehead atoms. The van der Waals surface area contributed by atoms with Crippen LogP contribution in [0.5, 0.6) is 5.88 Å². The molecule has 0 saturated carbocycles. The summed E-state index contributed by atoms with van der Waals surface area (Å²) in [5, 5.41) is 7.81. The molecular weight excluding hydrogens is 214 g/mol. The fraction of sp³-hybridized carbons (Fsp3) is 0.769. The van der Waals surface area contributed by atoms with Gasteiger partial charge in [-0.3, -0.25) is 0 Å². The number of rotatable bonds is 8. The summed E-state index contributed by atoms with van der Waals surface area (Å²) in [6.45, 7) is 2.24. The van der Waals surface area contributed by atoms with E-state index in [0.29, 0.717) is 6.04 Å². The number of nitrogens with zero attached hydrogens (tertiary/aromatic N) is 2. The molecule has 0 aliphatic rings. The number of methoxy groups -OCH3 is 1. The van der Waals surface area contributed by atoms with Gasteiger partial charge in [0.25, 0.3) is 0 Å². The third-order valence-corrected chi connectivity index (χ3v) is 3.12. The molecule has 4 nitrogen and oxygen atoms in total. The first-order valence-corrected chi connectivity index (χ1v) is 6.48. The van der Waals surface area contributed by atoms with Gasteiger partial charge in [0.05, 0.1) is 18.8 Å². The lowest BCUT2D eigenvalue weighted by Crippen LogP contribution is -2.17. The van der Waals surface area contributed by atoms with E-state index in [2.05, 4.69) is 17.3 Å². The average Bonchev–Trinajstić information content (AvgIpc) is 2.70. The first-order valence-electron chi connectivity index (χ1n) is 6.48. The molecule has 1 unspecified atom stereocenters. The summed E-state index contributed by atoms with van der Waals surface area (Å²) in [5.41, 5.74) is 1.07. The van der Waals surface area contributed by atoms with Gasteiger partial charge >= 0.3 is 0 Å². The quantitative estimate of drug-likeness (QED) is 0.709. The maximum atomic E-state index is 5.24. The van der Waals surface area contributed by atoms with Crippen LogP contribution in [-0.2, 0) is 7.05 Å². The number of ether oxygens (including phenoxy) is 1. The van der Waals surface area contributed by atoms with Crippen molar-refractivity contribution in [3.63, 3.8) is 0 Å². The van der Waals surface area contributed by atoms with Crippen LogP contribution in [0.2, 0.25) is 0 Å². The Hall–Kier alpha value is -1.03. The van der Waals surface area contributed by atoms with E-state index >= 15 is 0 Å². The van der Waals surface area contributed by atoms with E-state index in [1.165, 1.54) is 25.7 Å². The number of nitrogens with one attached hydrogen (secondary N) is 1. The van der Waals surface area contributed by atoms with E-state index in [0.717, 1.165) is 18.0 Å². The van der Waals surface area contributed by atoms with Gasteiger partial charge in [-0.05, 0) is 13.5 Å². The summed E-state index contributed by atoms with van der Waals surface area (Å²) < 4.78 is 7.02. The standard InChI is InChI=1S/C13H25N3O/c1-5-6-7-8-9-11(14-2)12-10-13(17-4)16(3)15-12/h10-11,14H,5-9H2,1-4H3. The minimum atomic E-state index is 0.335. The second-order valence-electron chi connectivity index (χ2n) is 4.43. The minimum absolute atomic E-state index is 0.335. The minimum Gasteiger partial charge on any atom is -0.481 e. The number of hydrogen-bond acceptors (Lipinski definition) is 3. The topological polar surface area (TPSA) is 39.1 Å². The monoisotopic (exact) mass is 239 g/mol. The summed E-state index contributed by atoms with van der Waals surface area (Å²) in [4.78, 5) is 0. The molecule has 0 fully saturated rings. The van der Waals surface area contributed by atoms with E-state index in [4.69, 9.17) is 4.74 Å². The van der Waals surface area contributed by atoms with Gasteiger partial charge in [0.1, 0.15) is 0 Å². The third-order valence-electron chi connectivity index (χ3n) is 3.12. The highest BCUT2D eigenvalue weighted by Crippen LogP contribution is 2.22. The normalized spacial score (nSPS) is 12.7. The fourth-order valence-corrected chi connectivity index (χ4v) is 2.05. The molecule has 1 aromatic heterocycles. The molecule has 0 saturated heterocycles. The number of aromatic nitrogens is 2. The maximum absolute atomic E-state index is 5.24. The Morgan fingerprint density at radius 2 is 2.18 bits per heavy atom. The van der Waals surface area contributed by atoms with Gasteiger partial charge in [-0.25, -0.2) is 4.68 Å². The van der Waals surface area contributed by atoms with E-state index < -0.39 is 0 Å². The van der Waals surface area contributed by atoms with Gasteiger partial charge in [0, 0.05) is 13.1 Å². The van der Waals surface area contributed by atoms with Gasteiger partial charge in [-0.1, -0.05) is 32.6 Å². The zero-order chi connectivity index (χ0) is 12.7. The highest BCUT2D eigenvalue weighted by molar-refractivity contribution is 5.18. The van der Waals surface area contributed by atoms with Crippen molar-refractivity contribution in [1.82, 2.24) is 15.1 Å². The number of aryl methyl sites for hydroxylation is 1. The van der Waals surface area contributed by atoms with Crippen LogP contribution in [0.1, 0.15) is 50.8 Å². The molecule has 0 aliphatic heterocycles. The average molecular weight is 239 g/mol. The number of unbranched alkanes of at least 4 members (excludes halogenated alkanes) is 3. The van der Waals surface area contributed by atoms with Crippen molar-refractivity contribution < 1.29 is 4.74 Å². The number of hydrogen-bond donors (Lipinski definition) is 1. The first kappa shape index (κ1) is 14.0. The van der Waals surface area contributed by atoms with Gasteiger partial charge < -0.3 is 10.1 Å². The fourth-order valence-electron chi connectivity index (χ4n) is 2.05. The zero-order valence-corrected chi connectivity index (χ0v) is 11.5. The molecule has 17 heavy (non-hydrogen) atoms. The first-order chi connectivity index (χ1) is 8.22. The van der Waals surface area contributed by atoms with Crippen LogP contribution in [0, 0.1) is 0 Å². The van der Waals surface area contributed by atoms with Gasteiger partial charge in [-0.2, -0.15) is 5.10 Å². The highest BCUT2D eigenvalue weighted by atomic mass is 16.5. The van der Waals surface area contributed by atoms with Crippen LogP contribution >= 0.6 is 0 Å². The Bertz CT molecular complexity index is 322. The second-order valence-corrected chi connectivity index (χ2v) is 4.43. The molecule has 0 spiro atoms. The molecule has 0 aromatic carbocycles. The predicted octanol–water partition coefficient (Wildman–Crippen LogP) is 2.66. The second kappa shape index (κ2) is 7.33. The SMILES string of the molecule is CCCCCCC(NC)c1cc(OC)n(C)n1. The molecule has 0 amide bonds. The van der Waals surface area contributed by atoms with E-state index in [1.54, 1.807) is 11.8 Å². The van der Waals surface area contributed by atoms with Crippen molar-refractivity contribution in [1.29, 1.82) is 0 Å². The Kier molecular flexibility index (Phi) is 6.05. The summed E-state index contributed by atoms with van der Waals surface area (Å²) in [7, 11) is 5.58. The Morgan fingerprint density at radius 3 is 2.71 bits per heavy atom. The van der Waals surface area contributed by atoms with Crippen molar-refractivity contribution in [3.8, 4) is 5.88 Å². The van der Waals surface area contributed by atoms with Gasteiger partial charge in [0.2, 0.25) is 5.88 Å². The van der Waals surface area contributed by atoms with Crippen LogP contribution in [-0.4, -0.2) is 23.9 Å². The molecule has 1 atom stereocenters. The summed E-state index contributed by atoms with van der Waals surface area (Å²) in [5.74, 6) is 0.814. The van der Waals surface area contributed by atoms with Gasteiger partial charge in [-0.15, -0.1) is 0 Å². The molecule has 98 valence electrons. The summed E-state index contributed by atoms with van der Waals surface area (Å²) in [6, 6.07) is 2.35. The van der Waals surface area contributed by atoms with Crippen LogP contribution in [0.15, 0.2) is 6.07 Å². The van der Waals surface area contributed by atoms with Crippen molar-refractivity contribution in [3.05, 3.63) is 11.8 Å². The third kappa shape index (κ3) is 4.04. The summed E-state index contributed by atoms with van der Waals surface area (Å²) >= 11 is 0. The smallest absolute Gasteiger partial charge is 0.211 e. The van der Waals surface area contributed by atoms with Crippen LogP contribution in [0.4, 0.5) is 0 Å². The molecule has 1 rings (SSSR count). The molecule has 1 N–H and O–H groups in total. The molecule has 1 heterocycles.